The van der Waals surface area contributed by atoms with E-state index >= 15 is 0 Å². The highest BCUT2D eigenvalue weighted by atomic mass is 32.1. The molecule has 4 aromatic rings. The molecule has 40 heavy (non-hydrogen) atoms. The number of carbonyl (C=O) groups is 1. The van der Waals surface area contributed by atoms with Gasteiger partial charge in [0, 0.05) is 66.9 Å². The lowest BCUT2D eigenvalue weighted by Crippen LogP contribution is -2.44. The summed E-state index contributed by atoms with van der Waals surface area (Å²) in [6, 6.07) is 11.8. The fourth-order valence-corrected chi connectivity index (χ4v) is 5.07. The molecule has 1 fully saturated rings. The summed E-state index contributed by atoms with van der Waals surface area (Å²) < 4.78 is 17.8. The molecule has 210 valence electrons. The number of ether oxygens (including phenoxy) is 3. The van der Waals surface area contributed by atoms with Crippen LogP contribution in [0.15, 0.2) is 54.2 Å². The Balaban J connectivity index is 1.35. The maximum Gasteiger partial charge on any atom is 0.410 e. The van der Waals surface area contributed by atoms with Gasteiger partial charge in [-0.15, -0.1) is 11.3 Å². The van der Waals surface area contributed by atoms with Crippen molar-refractivity contribution in [3.8, 4) is 22.1 Å². The van der Waals surface area contributed by atoms with Crippen LogP contribution in [0.5, 0.6) is 11.5 Å². The van der Waals surface area contributed by atoms with Crippen LogP contribution < -0.4 is 14.8 Å². The molecule has 0 saturated carbocycles. The van der Waals surface area contributed by atoms with Crippen molar-refractivity contribution in [1.29, 1.82) is 0 Å². The van der Waals surface area contributed by atoms with Gasteiger partial charge >= 0.3 is 6.09 Å². The molecule has 5 rings (SSSR count). The van der Waals surface area contributed by atoms with Crippen LogP contribution in [0.4, 0.5) is 16.4 Å². The molecule has 0 spiro atoms. The zero-order valence-corrected chi connectivity index (χ0v) is 24.2. The SMILES string of the molecule is CCCOc1cccc(Nc2ncc3cc(-c4nccs4)c(OC4CCN(C(=O)OC(C)(C)C)CC4)cc3n2)c1. The Labute approximate surface area is 238 Å². The molecule has 10 heteroatoms. The van der Waals surface area contributed by atoms with E-state index in [2.05, 4.69) is 22.2 Å². The van der Waals surface area contributed by atoms with Gasteiger partial charge in [-0.25, -0.2) is 19.7 Å². The first-order valence-electron chi connectivity index (χ1n) is 13.6. The smallest absolute Gasteiger partial charge is 0.410 e. The van der Waals surface area contributed by atoms with E-state index in [1.807, 2.05) is 68.7 Å². The summed E-state index contributed by atoms with van der Waals surface area (Å²) in [5.41, 5.74) is 2.00. The minimum absolute atomic E-state index is 0.0415. The van der Waals surface area contributed by atoms with Gasteiger partial charge in [-0.05, 0) is 45.4 Å². The highest BCUT2D eigenvalue weighted by Gasteiger charge is 2.28. The molecule has 1 amide bonds. The Morgan fingerprint density at radius 3 is 2.70 bits per heavy atom. The number of hydrogen-bond donors (Lipinski definition) is 1. The number of nitrogens with zero attached hydrogens (tertiary/aromatic N) is 4. The number of fused-ring (bicyclic) bond motifs is 1. The van der Waals surface area contributed by atoms with Crippen LogP contribution in [0.3, 0.4) is 0 Å². The number of hydrogen-bond acceptors (Lipinski definition) is 9. The van der Waals surface area contributed by atoms with Gasteiger partial charge in [-0.1, -0.05) is 13.0 Å². The van der Waals surface area contributed by atoms with E-state index in [1.54, 1.807) is 22.4 Å². The molecule has 1 N–H and O–H groups in total. The van der Waals surface area contributed by atoms with Crippen molar-refractivity contribution in [3.63, 3.8) is 0 Å². The summed E-state index contributed by atoms with van der Waals surface area (Å²) in [6.07, 6.45) is 5.64. The number of amides is 1. The molecule has 9 nitrogen and oxygen atoms in total. The molecule has 0 atom stereocenters. The summed E-state index contributed by atoms with van der Waals surface area (Å²) in [6.45, 7) is 9.54. The van der Waals surface area contributed by atoms with Crippen LogP contribution in [0.2, 0.25) is 0 Å². The van der Waals surface area contributed by atoms with E-state index in [1.165, 1.54) is 0 Å². The Hall–Kier alpha value is -3.92. The monoisotopic (exact) mass is 561 g/mol. The van der Waals surface area contributed by atoms with Gasteiger partial charge in [0.1, 0.15) is 28.2 Å². The van der Waals surface area contributed by atoms with Crippen LogP contribution in [-0.2, 0) is 4.74 Å². The van der Waals surface area contributed by atoms with E-state index < -0.39 is 5.60 Å². The molecule has 2 aromatic carbocycles. The maximum absolute atomic E-state index is 12.5. The average molecular weight is 562 g/mol. The molecule has 1 aliphatic rings. The van der Waals surface area contributed by atoms with Crippen LogP contribution in [0.25, 0.3) is 21.5 Å². The number of thiazole rings is 1. The largest absolute Gasteiger partial charge is 0.494 e. The summed E-state index contributed by atoms with van der Waals surface area (Å²) in [5.74, 6) is 2.01. The number of aromatic nitrogens is 3. The molecule has 0 aliphatic carbocycles. The van der Waals surface area contributed by atoms with Gasteiger partial charge in [0.25, 0.3) is 0 Å². The number of benzene rings is 2. The molecule has 0 radical (unpaired) electrons. The van der Waals surface area contributed by atoms with Crippen molar-refractivity contribution in [2.75, 3.05) is 25.0 Å². The zero-order valence-electron chi connectivity index (χ0n) is 23.3. The van der Waals surface area contributed by atoms with E-state index in [-0.39, 0.29) is 12.2 Å². The highest BCUT2D eigenvalue weighted by Crippen LogP contribution is 2.36. The quantitative estimate of drug-likeness (QED) is 0.244. The summed E-state index contributed by atoms with van der Waals surface area (Å²) >= 11 is 1.56. The second kappa shape index (κ2) is 12.1. The van der Waals surface area contributed by atoms with Gasteiger partial charge in [0.05, 0.1) is 17.7 Å². The number of piperidine rings is 1. The van der Waals surface area contributed by atoms with Gasteiger partial charge in [-0.2, -0.15) is 0 Å². The highest BCUT2D eigenvalue weighted by molar-refractivity contribution is 7.13. The maximum atomic E-state index is 12.5. The first kappa shape index (κ1) is 27.6. The van der Waals surface area contributed by atoms with E-state index in [9.17, 15) is 4.79 Å². The van der Waals surface area contributed by atoms with Gasteiger partial charge < -0.3 is 24.4 Å². The van der Waals surface area contributed by atoms with Crippen molar-refractivity contribution in [1.82, 2.24) is 19.9 Å². The number of likely N-dealkylation sites (tertiary alicyclic amines) is 1. The van der Waals surface area contributed by atoms with Crippen molar-refractivity contribution < 1.29 is 19.0 Å². The van der Waals surface area contributed by atoms with Crippen molar-refractivity contribution in [3.05, 3.63) is 54.2 Å². The molecule has 0 bridgehead atoms. The topological polar surface area (TPSA) is 98.7 Å². The van der Waals surface area contributed by atoms with E-state index in [0.717, 1.165) is 45.1 Å². The van der Waals surface area contributed by atoms with Crippen LogP contribution in [0.1, 0.15) is 47.0 Å². The lowest BCUT2D eigenvalue weighted by atomic mass is 10.1. The van der Waals surface area contributed by atoms with E-state index in [0.29, 0.717) is 38.5 Å². The predicted molar refractivity (Wildman–Crippen MR) is 158 cm³/mol. The Morgan fingerprint density at radius 2 is 1.98 bits per heavy atom. The zero-order chi connectivity index (χ0) is 28.1. The third-order valence-corrected chi connectivity index (χ3v) is 7.10. The fourth-order valence-electron chi connectivity index (χ4n) is 4.42. The summed E-state index contributed by atoms with van der Waals surface area (Å²) in [7, 11) is 0. The van der Waals surface area contributed by atoms with Crippen molar-refractivity contribution in [2.45, 2.75) is 58.7 Å². The van der Waals surface area contributed by atoms with Crippen LogP contribution in [-0.4, -0.2) is 57.3 Å². The standard InChI is InChI=1S/C30H35N5O4S/c1-5-14-37-23-8-6-7-21(17-23)33-28-32-19-20-16-24(27-31-11-15-40-27)26(18-25(20)34-28)38-22-9-12-35(13-10-22)29(36)39-30(2,3)4/h6-8,11,15-19,22H,5,9-10,12-14H2,1-4H3,(H,32,33,34). The number of nitrogens with one attached hydrogen (secondary N) is 1. The number of rotatable bonds is 8. The molecule has 3 heterocycles. The van der Waals surface area contributed by atoms with Gasteiger partial charge in [0.15, 0.2) is 0 Å². The molecular formula is C30H35N5O4S. The number of carbonyl (C=O) groups excluding carboxylic acids is 1. The molecule has 2 aromatic heterocycles. The van der Waals surface area contributed by atoms with Crippen molar-refractivity contribution >= 4 is 40.0 Å². The normalized spacial score (nSPS) is 14.2. The average Bonchev–Trinajstić information content (AvgIpc) is 3.46. The number of anilines is 2. The second-order valence-electron chi connectivity index (χ2n) is 10.7. The second-order valence-corrected chi connectivity index (χ2v) is 11.6. The van der Waals surface area contributed by atoms with Crippen LogP contribution in [0, 0.1) is 0 Å². The van der Waals surface area contributed by atoms with E-state index in [4.69, 9.17) is 19.2 Å². The lowest BCUT2D eigenvalue weighted by Gasteiger charge is -2.33. The first-order chi connectivity index (χ1) is 19.3. The van der Waals surface area contributed by atoms with Crippen molar-refractivity contribution in [2.24, 2.45) is 0 Å². The minimum Gasteiger partial charge on any atom is -0.494 e. The summed E-state index contributed by atoms with van der Waals surface area (Å²) in [5, 5.41) is 6.99. The van der Waals surface area contributed by atoms with Gasteiger partial charge in [0.2, 0.25) is 5.95 Å². The third kappa shape index (κ3) is 6.98. The molecular weight excluding hydrogens is 526 g/mol. The Kier molecular flexibility index (Phi) is 8.35. The Bertz CT molecular complexity index is 1450. The molecule has 0 unspecified atom stereocenters. The third-order valence-electron chi connectivity index (χ3n) is 6.29. The predicted octanol–water partition coefficient (Wildman–Crippen LogP) is 7.06. The van der Waals surface area contributed by atoms with Gasteiger partial charge in [-0.3, -0.25) is 0 Å². The minimum atomic E-state index is -0.515. The lowest BCUT2D eigenvalue weighted by molar-refractivity contribution is 0.0127. The Morgan fingerprint density at radius 1 is 1.15 bits per heavy atom. The molecule has 1 aliphatic heterocycles. The fraction of sp³-hybridized carbons (Fsp3) is 0.400. The first-order valence-corrected chi connectivity index (χ1v) is 14.5. The summed E-state index contributed by atoms with van der Waals surface area (Å²) in [4.78, 5) is 28.1. The molecule has 1 saturated heterocycles. The van der Waals surface area contributed by atoms with Crippen LogP contribution >= 0.6 is 11.3 Å².